The predicted molar refractivity (Wildman–Crippen MR) is 169 cm³/mol. The average molecular weight is 630 g/mol. The number of nitrogens with one attached hydrogen (secondary N) is 1. The Morgan fingerprint density at radius 2 is 1.83 bits per heavy atom. The fourth-order valence-corrected chi connectivity index (χ4v) is 5.87. The van der Waals surface area contributed by atoms with E-state index in [0.29, 0.717) is 41.2 Å². The summed E-state index contributed by atoms with van der Waals surface area (Å²) in [5.41, 5.74) is 9.83. The standard InChI is InChI=1S/C33H33F2N7O4/c1-44-27-11-8-22(34)14-24(27)32(43)37-16-19-4-6-20(7-5-19)29-28-30(36)38-18-39-31(28)42(40-29)23-9-10-26(25(35)15-23)41-13-12-21(17-41)33(45-2)46-3/h4-11,14-15,18,21,33H,12-13,16-17H2,1-3H3,(H,37,43)(H2,36,38,39). The molecular weight excluding hydrogens is 596 g/mol. The molecule has 238 valence electrons. The molecule has 46 heavy (non-hydrogen) atoms. The molecular formula is C33H33F2N7O4. The molecule has 2 aromatic heterocycles. The minimum atomic E-state index is -0.535. The monoisotopic (exact) mass is 629 g/mol. The lowest BCUT2D eigenvalue weighted by atomic mass is 10.1. The van der Waals surface area contributed by atoms with Gasteiger partial charge in [0.15, 0.2) is 11.9 Å². The number of anilines is 2. The third-order valence-electron chi connectivity index (χ3n) is 8.17. The molecule has 1 unspecified atom stereocenters. The van der Waals surface area contributed by atoms with Gasteiger partial charge in [-0.3, -0.25) is 4.79 Å². The van der Waals surface area contributed by atoms with Gasteiger partial charge in [-0.1, -0.05) is 24.3 Å². The number of ether oxygens (including phenoxy) is 3. The topological polar surface area (TPSA) is 130 Å². The number of hydrogen-bond acceptors (Lipinski definition) is 9. The Morgan fingerprint density at radius 1 is 1.04 bits per heavy atom. The normalized spacial score (nSPS) is 14.7. The minimum absolute atomic E-state index is 0.103. The lowest BCUT2D eigenvalue weighted by molar-refractivity contribution is -0.132. The van der Waals surface area contributed by atoms with E-state index in [9.17, 15) is 9.18 Å². The highest BCUT2D eigenvalue weighted by Gasteiger charge is 2.31. The van der Waals surface area contributed by atoms with E-state index in [1.807, 2.05) is 29.2 Å². The smallest absolute Gasteiger partial charge is 0.255 e. The molecule has 0 bridgehead atoms. The maximum atomic E-state index is 15.6. The molecule has 3 aromatic carbocycles. The zero-order chi connectivity index (χ0) is 32.4. The fourth-order valence-electron chi connectivity index (χ4n) is 5.87. The number of hydrogen-bond donors (Lipinski definition) is 2. The van der Waals surface area contributed by atoms with Gasteiger partial charge in [0.1, 0.15) is 35.2 Å². The fraction of sp³-hybridized carbons (Fsp3) is 0.273. The first-order chi connectivity index (χ1) is 22.3. The molecule has 5 aromatic rings. The van der Waals surface area contributed by atoms with Gasteiger partial charge in [0.25, 0.3) is 5.91 Å². The largest absolute Gasteiger partial charge is 0.496 e. The molecule has 3 N–H and O–H groups in total. The number of carbonyl (C=O) groups excluding carboxylic acids is 1. The Hall–Kier alpha value is -5.14. The summed E-state index contributed by atoms with van der Waals surface area (Å²) in [5, 5.41) is 8.10. The first-order valence-corrected chi connectivity index (χ1v) is 14.6. The number of nitrogens with zero attached hydrogens (tertiary/aromatic N) is 5. The van der Waals surface area contributed by atoms with Crippen LogP contribution in [0.4, 0.5) is 20.3 Å². The third kappa shape index (κ3) is 5.94. The summed E-state index contributed by atoms with van der Waals surface area (Å²) >= 11 is 0. The number of rotatable bonds is 10. The summed E-state index contributed by atoms with van der Waals surface area (Å²) in [7, 11) is 4.63. The van der Waals surface area contributed by atoms with Crippen LogP contribution < -0.4 is 20.7 Å². The number of nitrogen functional groups attached to an aromatic ring is 1. The van der Waals surface area contributed by atoms with Crippen LogP contribution in [0.5, 0.6) is 5.75 Å². The molecule has 1 atom stereocenters. The van der Waals surface area contributed by atoms with Crippen LogP contribution in [-0.4, -0.2) is 66.4 Å². The van der Waals surface area contributed by atoms with Gasteiger partial charge in [0, 0.05) is 51.4 Å². The van der Waals surface area contributed by atoms with E-state index >= 15 is 4.39 Å². The van der Waals surface area contributed by atoms with Crippen molar-refractivity contribution in [3.05, 3.63) is 89.8 Å². The maximum Gasteiger partial charge on any atom is 0.255 e. The van der Waals surface area contributed by atoms with E-state index in [1.54, 1.807) is 31.0 Å². The summed E-state index contributed by atoms with van der Waals surface area (Å²) in [6.45, 7) is 1.49. The molecule has 0 radical (unpaired) electrons. The molecule has 1 amide bonds. The predicted octanol–water partition coefficient (Wildman–Crippen LogP) is 4.73. The molecule has 0 saturated carbocycles. The summed E-state index contributed by atoms with van der Waals surface area (Å²) in [6, 6.07) is 16.1. The van der Waals surface area contributed by atoms with Crippen LogP contribution in [-0.2, 0) is 16.0 Å². The highest BCUT2D eigenvalue weighted by atomic mass is 19.1. The zero-order valence-electron chi connectivity index (χ0n) is 25.5. The second-order valence-corrected chi connectivity index (χ2v) is 10.9. The Bertz CT molecular complexity index is 1880. The Labute approximate surface area is 263 Å². The third-order valence-corrected chi connectivity index (χ3v) is 8.17. The van der Waals surface area contributed by atoms with Crippen LogP contribution in [0.25, 0.3) is 28.0 Å². The van der Waals surface area contributed by atoms with Crippen molar-refractivity contribution in [3.63, 3.8) is 0 Å². The summed E-state index contributed by atoms with van der Waals surface area (Å²) in [4.78, 5) is 23.3. The van der Waals surface area contributed by atoms with Gasteiger partial charge >= 0.3 is 0 Å². The van der Waals surface area contributed by atoms with Crippen molar-refractivity contribution in [1.29, 1.82) is 0 Å². The molecule has 6 rings (SSSR count). The second-order valence-electron chi connectivity index (χ2n) is 10.9. The molecule has 1 aliphatic rings. The summed E-state index contributed by atoms with van der Waals surface area (Å²) < 4.78 is 46.9. The van der Waals surface area contributed by atoms with E-state index in [0.717, 1.165) is 23.6 Å². The molecule has 13 heteroatoms. The molecule has 1 aliphatic heterocycles. The van der Waals surface area contributed by atoms with Gasteiger partial charge in [-0.15, -0.1) is 0 Å². The first kappa shape index (κ1) is 30.9. The zero-order valence-corrected chi connectivity index (χ0v) is 25.5. The van der Waals surface area contributed by atoms with Gasteiger partial charge in [0.05, 0.1) is 29.4 Å². The van der Waals surface area contributed by atoms with Crippen LogP contribution in [0.1, 0.15) is 22.3 Å². The van der Waals surface area contributed by atoms with Gasteiger partial charge < -0.3 is 30.2 Å². The van der Waals surface area contributed by atoms with Crippen LogP contribution in [0.3, 0.4) is 0 Å². The number of methoxy groups -OCH3 is 3. The summed E-state index contributed by atoms with van der Waals surface area (Å²) in [5.74, 6) is -0.750. The summed E-state index contributed by atoms with van der Waals surface area (Å²) in [6.07, 6.45) is 1.82. The number of aromatic nitrogens is 4. The van der Waals surface area contributed by atoms with E-state index in [2.05, 4.69) is 15.3 Å². The Morgan fingerprint density at radius 3 is 2.54 bits per heavy atom. The number of carbonyl (C=O) groups is 1. The van der Waals surface area contributed by atoms with E-state index in [1.165, 1.54) is 31.6 Å². The number of amides is 1. The molecule has 3 heterocycles. The van der Waals surface area contributed by atoms with Crippen LogP contribution in [0, 0.1) is 17.6 Å². The maximum absolute atomic E-state index is 15.6. The van der Waals surface area contributed by atoms with E-state index < -0.39 is 11.7 Å². The van der Waals surface area contributed by atoms with E-state index in [4.69, 9.17) is 25.0 Å². The SMILES string of the molecule is COc1ccc(F)cc1C(=O)NCc1ccc(-c2nn(-c3ccc(N4CCC(C(OC)OC)C4)c(F)c3)c3ncnc(N)c23)cc1. The number of halogens is 2. The van der Waals surface area contributed by atoms with E-state index in [-0.39, 0.29) is 41.7 Å². The minimum Gasteiger partial charge on any atom is -0.496 e. The van der Waals surface area contributed by atoms with Gasteiger partial charge in [0.2, 0.25) is 0 Å². The van der Waals surface area contributed by atoms with Crippen molar-refractivity contribution in [3.8, 4) is 22.7 Å². The molecule has 0 aliphatic carbocycles. The number of benzene rings is 3. The van der Waals surface area contributed by atoms with Crippen LogP contribution in [0.2, 0.25) is 0 Å². The van der Waals surface area contributed by atoms with Crippen molar-refractivity contribution in [2.75, 3.05) is 45.1 Å². The van der Waals surface area contributed by atoms with Crippen molar-refractivity contribution in [2.24, 2.45) is 5.92 Å². The van der Waals surface area contributed by atoms with Crippen molar-refractivity contribution < 1.29 is 27.8 Å². The highest BCUT2D eigenvalue weighted by Crippen LogP contribution is 2.34. The second kappa shape index (κ2) is 13.1. The quantitative estimate of drug-likeness (QED) is 0.211. The molecule has 1 fully saturated rings. The van der Waals surface area contributed by atoms with Gasteiger partial charge in [-0.2, -0.15) is 5.10 Å². The van der Waals surface area contributed by atoms with Crippen molar-refractivity contribution >= 4 is 28.4 Å². The first-order valence-electron chi connectivity index (χ1n) is 14.6. The number of nitrogens with two attached hydrogens (primary N) is 1. The van der Waals surface area contributed by atoms with Crippen molar-refractivity contribution in [2.45, 2.75) is 19.3 Å². The van der Waals surface area contributed by atoms with Crippen LogP contribution in [0.15, 0.2) is 67.0 Å². The highest BCUT2D eigenvalue weighted by molar-refractivity contribution is 5.99. The number of fused-ring (bicyclic) bond motifs is 1. The lowest BCUT2D eigenvalue weighted by Crippen LogP contribution is -2.28. The molecule has 0 spiro atoms. The lowest BCUT2D eigenvalue weighted by Gasteiger charge is -2.23. The van der Waals surface area contributed by atoms with Gasteiger partial charge in [-0.25, -0.2) is 23.4 Å². The molecule has 1 saturated heterocycles. The van der Waals surface area contributed by atoms with Crippen LogP contribution >= 0.6 is 0 Å². The molecule has 11 nitrogen and oxygen atoms in total. The van der Waals surface area contributed by atoms with Crippen molar-refractivity contribution in [1.82, 2.24) is 25.1 Å². The van der Waals surface area contributed by atoms with Gasteiger partial charge in [-0.05, 0) is 42.3 Å². The Balaban J connectivity index is 1.24. The average Bonchev–Trinajstić information content (AvgIpc) is 3.71. The Kier molecular flexibility index (Phi) is 8.77.